The van der Waals surface area contributed by atoms with Crippen molar-refractivity contribution in [2.24, 2.45) is 0 Å². The average molecular weight is 940 g/mol. The lowest BCUT2D eigenvalue weighted by molar-refractivity contribution is 0.569. The Hall–Kier alpha value is -7.57. The molecule has 0 fully saturated rings. The highest BCUT2D eigenvalue weighted by molar-refractivity contribution is 7.26. The Kier molecular flexibility index (Phi) is 10.7. The van der Waals surface area contributed by atoms with Crippen molar-refractivity contribution >= 4 is 108 Å². The van der Waals surface area contributed by atoms with Gasteiger partial charge in [0.25, 0.3) is 0 Å². The van der Waals surface area contributed by atoms with Crippen LogP contribution in [0.3, 0.4) is 0 Å². The van der Waals surface area contributed by atoms with Crippen molar-refractivity contribution in [1.29, 1.82) is 0 Å². The molecular formula is C65H53N3S2. The van der Waals surface area contributed by atoms with E-state index in [0.29, 0.717) is 0 Å². The molecule has 0 amide bonds. The fraction of sp³-hybridized carbons (Fsp3) is 0.123. The zero-order valence-corrected chi connectivity index (χ0v) is 42.0. The molecule has 0 spiro atoms. The predicted octanol–water partition coefficient (Wildman–Crippen LogP) is 19.8. The lowest BCUT2D eigenvalue weighted by Gasteiger charge is -2.35. The minimum Gasteiger partial charge on any atom is -0.310 e. The number of hydrogen-bond donors (Lipinski definition) is 0. The van der Waals surface area contributed by atoms with Crippen LogP contribution in [0.2, 0.25) is 0 Å². The first-order valence-electron chi connectivity index (χ1n) is 24.2. The molecule has 0 saturated carbocycles. The van der Waals surface area contributed by atoms with Crippen LogP contribution >= 0.6 is 22.7 Å². The molecule has 0 N–H and O–H groups in total. The summed E-state index contributed by atoms with van der Waals surface area (Å²) in [5.74, 6) is 0. The van der Waals surface area contributed by atoms with Crippen LogP contribution in [0.15, 0.2) is 213 Å². The van der Waals surface area contributed by atoms with Gasteiger partial charge in [-0.05, 0) is 135 Å². The molecule has 0 atom stereocenters. The van der Waals surface area contributed by atoms with E-state index in [1.807, 2.05) is 41.1 Å². The number of anilines is 6. The van der Waals surface area contributed by atoms with E-state index < -0.39 is 0 Å². The van der Waals surface area contributed by atoms with Crippen molar-refractivity contribution in [2.75, 3.05) is 9.80 Å². The second-order valence-electron chi connectivity index (χ2n) is 20.5. The summed E-state index contributed by atoms with van der Waals surface area (Å²) in [6, 6.07) is 74.6. The Labute approximate surface area is 418 Å². The topological polar surface area (TPSA) is 19.4 Å². The fourth-order valence-corrected chi connectivity index (χ4v) is 12.4. The molecule has 12 aromatic rings. The van der Waals surface area contributed by atoms with Gasteiger partial charge in [0.15, 0.2) is 0 Å². The van der Waals surface area contributed by atoms with Gasteiger partial charge in [-0.2, -0.15) is 0 Å². The van der Waals surface area contributed by atoms with Gasteiger partial charge < -0.3 is 9.80 Å². The first kappa shape index (κ1) is 43.7. The van der Waals surface area contributed by atoms with Crippen LogP contribution in [0.25, 0.3) is 73.4 Å². The van der Waals surface area contributed by atoms with Crippen molar-refractivity contribution in [3.63, 3.8) is 0 Å². The van der Waals surface area contributed by atoms with Crippen LogP contribution < -0.4 is 9.80 Å². The van der Waals surface area contributed by atoms with Crippen LogP contribution in [0, 0.1) is 0 Å². The van der Waals surface area contributed by atoms with E-state index in [1.54, 1.807) is 0 Å². The molecule has 0 aliphatic carbocycles. The number of para-hydroxylation sites is 1. The van der Waals surface area contributed by atoms with Gasteiger partial charge in [0.2, 0.25) is 0 Å². The molecule has 3 heterocycles. The summed E-state index contributed by atoms with van der Waals surface area (Å²) >= 11 is 3.74. The first-order chi connectivity index (χ1) is 34.0. The third-order valence-electron chi connectivity index (χ3n) is 13.8. The first-order valence-corrected chi connectivity index (χ1v) is 25.8. The molecule has 0 aliphatic heterocycles. The van der Waals surface area contributed by atoms with Crippen LogP contribution in [-0.2, 0) is 10.8 Å². The van der Waals surface area contributed by atoms with E-state index in [0.717, 1.165) is 56.4 Å². The molecule has 0 radical (unpaired) electrons. The SMILES string of the molecule is CC(C)(C)c1cc(N(c2ccccc2)c2cccc(N(c3cccc(-c4cccnc4)c3)c3cccc4c3sc3ccccc34)c2-c2ccc3sc4cc5ccccc5cc4c3c2)cc(C(C)(C)C)c1. The summed E-state index contributed by atoms with van der Waals surface area (Å²) in [4.78, 5) is 9.58. The molecule has 0 aliphatic rings. The second kappa shape index (κ2) is 17.1. The van der Waals surface area contributed by atoms with E-state index in [-0.39, 0.29) is 10.8 Å². The minimum atomic E-state index is -0.0860. The number of pyridine rings is 1. The van der Waals surface area contributed by atoms with Gasteiger partial charge in [-0.3, -0.25) is 4.98 Å². The largest absolute Gasteiger partial charge is 0.310 e. The third kappa shape index (κ3) is 7.80. The van der Waals surface area contributed by atoms with Gasteiger partial charge in [0, 0.05) is 76.2 Å². The van der Waals surface area contributed by atoms with E-state index in [9.17, 15) is 0 Å². The maximum absolute atomic E-state index is 4.54. The summed E-state index contributed by atoms with van der Waals surface area (Å²) in [5, 5.41) is 7.58. The standard InChI is InChI=1S/C65H53N3S2/c1-64(2,3)47-38-48(65(4,5)6)40-51(39-47)67(49-22-8-7-9-23-49)56-27-16-28-57(62(56)45-31-32-60-54(36-45)55-35-43-18-10-11-19-44(43)37-61(55)69-60)68(50-24-14-20-42(34-50)46-21-17-33-66-41-46)58-29-15-26-53-52-25-12-13-30-59(52)70-63(53)58/h7-41H,1-6H3. The highest BCUT2D eigenvalue weighted by atomic mass is 32.1. The predicted molar refractivity (Wildman–Crippen MR) is 305 cm³/mol. The molecule has 0 bridgehead atoms. The summed E-state index contributed by atoms with van der Waals surface area (Å²) in [6.07, 6.45) is 3.80. The van der Waals surface area contributed by atoms with Gasteiger partial charge in [0.05, 0.1) is 21.8 Å². The third-order valence-corrected chi connectivity index (χ3v) is 16.1. The number of benzene rings is 9. The van der Waals surface area contributed by atoms with E-state index in [1.165, 1.54) is 62.2 Å². The molecule has 70 heavy (non-hydrogen) atoms. The fourth-order valence-electron chi connectivity index (χ4n) is 10.1. The monoisotopic (exact) mass is 939 g/mol. The minimum absolute atomic E-state index is 0.0860. The molecule has 3 aromatic heterocycles. The molecule has 0 saturated heterocycles. The lowest BCUT2D eigenvalue weighted by atomic mass is 9.80. The van der Waals surface area contributed by atoms with Gasteiger partial charge in [-0.1, -0.05) is 151 Å². The number of fused-ring (bicyclic) bond motifs is 7. The highest BCUT2D eigenvalue weighted by Crippen LogP contribution is 2.53. The number of thiophene rings is 2. The van der Waals surface area contributed by atoms with Crippen LogP contribution in [0.4, 0.5) is 34.1 Å². The molecule has 5 heteroatoms. The van der Waals surface area contributed by atoms with Gasteiger partial charge in [-0.15, -0.1) is 22.7 Å². The van der Waals surface area contributed by atoms with Crippen LogP contribution in [-0.4, -0.2) is 4.98 Å². The normalized spacial score (nSPS) is 12.1. The zero-order chi connectivity index (χ0) is 47.7. The Bertz CT molecular complexity index is 3890. The molecule has 3 nitrogen and oxygen atoms in total. The molecule has 340 valence electrons. The van der Waals surface area contributed by atoms with Crippen molar-refractivity contribution in [3.8, 4) is 22.3 Å². The van der Waals surface area contributed by atoms with Gasteiger partial charge in [-0.25, -0.2) is 0 Å². The molecule has 0 unspecified atom stereocenters. The number of hydrogen-bond acceptors (Lipinski definition) is 5. The Morgan fingerprint density at radius 1 is 0.371 bits per heavy atom. The molecular weight excluding hydrogens is 887 g/mol. The van der Waals surface area contributed by atoms with Gasteiger partial charge in [0.1, 0.15) is 0 Å². The van der Waals surface area contributed by atoms with Crippen LogP contribution in [0.5, 0.6) is 0 Å². The van der Waals surface area contributed by atoms with E-state index in [2.05, 4.69) is 250 Å². The smallest absolute Gasteiger partial charge is 0.0640 e. The zero-order valence-electron chi connectivity index (χ0n) is 40.4. The van der Waals surface area contributed by atoms with Gasteiger partial charge >= 0.3 is 0 Å². The highest BCUT2D eigenvalue weighted by Gasteiger charge is 2.29. The van der Waals surface area contributed by atoms with E-state index >= 15 is 0 Å². The molecule has 12 rings (SSSR count). The quantitative estimate of drug-likeness (QED) is 0.151. The Morgan fingerprint density at radius 2 is 0.986 bits per heavy atom. The van der Waals surface area contributed by atoms with E-state index in [4.69, 9.17) is 0 Å². The van der Waals surface area contributed by atoms with Crippen molar-refractivity contribution in [1.82, 2.24) is 4.98 Å². The van der Waals surface area contributed by atoms with Crippen LogP contribution in [0.1, 0.15) is 52.7 Å². The number of rotatable bonds is 8. The maximum Gasteiger partial charge on any atom is 0.0640 e. The summed E-state index contributed by atoms with van der Waals surface area (Å²) in [5.41, 5.74) is 13.5. The second-order valence-corrected chi connectivity index (χ2v) is 22.6. The van der Waals surface area contributed by atoms with Crippen molar-refractivity contribution < 1.29 is 0 Å². The number of aromatic nitrogens is 1. The lowest BCUT2D eigenvalue weighted by Crippen LogP contribution is -2.20. The summed E-state index contributed by atoms with van der Waals surface area (Å²) in [6.45, 7) is 14.0. The average Bonchev–Trinajstić information content (AvgIpc) is 3.94. The maximum atomic E-state index is 4.54. The summed E-state index contributed by atoms with van der Waals surface area (Å²) < 4.78 is 5.08. The number of nitrogens with zero attached hydrogens (tertiary/aromatic N) is 3. The summed E-state index contributed by atoms with van der Waals surface area (Å²) in [7, 11) is 0. The molecule has 9 aromatic carbocycles. The van der Waals surface area contributed by atoms with Crippen molar-refractivity contribution in [3.05, 3.63) is 224 Å². The Balaban J connectivity index is 1.21. The van der Waals surface area contributed by atoms with Crippen molar-refractivity contribution in [2.45, 2.75) is 52.4 Å². The Morgan fingerprint density at radius 3 is 1.74 bits per heavy atom.